The average molecular weight is 287 g/mol. The Bertz CT molecular complexity index is 465. The lowest BCUT2D eigenvalue weighted by Crippen LogP contribution is -2.33. The van der Waals surface area contributed by atoms with Crippen molar-refractivity contribution >= 4 is 18.3 Å². The second kappa shape index (κ2) is 6.35. The largest absolute Gasteiger partial charge is 0.338 e. The molecule has 0 aromatic heterocycles. The number of hydrogen-bond acceptors (Lipinski definition) is 2. The van der Waals surface area contributed by atoms with Crippen LogP contribution in [0.4, 0.5) is 4.39 Å². The van der Waals surface area contributed by atoms with Crippen LogP contribution in [0.15, 0.2) is 18.2 Å². The molecule has 3 nitrogen and oxygen atoms in total. The first-order valence-corrected chi connectivity index (χ1v) is 6.30. The Balaban J connectivity index is 0.00000180. The summed E-state index contributed by atoms with van der Waals surface area (Å²) in [7, 11) is 0. The molecule has 19 heavy (non-hydrogen) atoms. The summed E-state index contributed by atoms with van der Waals surface area (Å²) < 4.78 is 13.0. The third-order valence-electron chi connectivity index (χ3n) is 3.67. The van der Waals surface area contributed by atoms with E-state index in [1.54, 1.807) is 13.0 Å². The minimum atomic E-state index is -0.307. The maximum atomic E-state index is 13.0. The van der Waals surface area contributed by atoms with Crippen molar-refractivity contribution in [3.05, 3.63) is 35.1 Å². The molecule has 0 bridgehead atoms. The smallest absolute Gasteiger partial charge is 0.254 e. The van der Waals surface area contributed by atoms with Crippen LogP contribution in [0.3, 0.4) is 0 Å². The highest BCUT2D eigenvalue weighted by atomic mass is 35.5. The Morgan fingerprint density at radius 1 is 1.53 bits per heavy atom. The van der Waals surface area contributed by atoms with E-state index < -0.39 is 0 Å². The van der Waals surface area contributed by atoms with Crippen LogP contribution in [-0.4, -0.2) is 29.9 Å². The second-order valence-electron chi connectivity index (χ2n) is 5.12. The predicted molar refractivity (Wildman–Crippen MR) is 76.0 cm³/mol. The summed E-state index contributed by atoms with van der Waals surface area (Å²) in [4.78, 5) is 14.1. The van der Waals surface area contributed by atoms with Gasteiger partial charge < -0.3 is 10.6 Å². The van der Waals surface area contributed by atoms with Gasteiger partial charge >= 0.3 is 0 Å². The fraction of sp³-hybridized carbons (Fsp3) is 0.500. The number of nitrogens with zero attached hydrogens (tertiary/aromatic N) is 1. The number of likely N-dealkylation sites (tertiary alicyclic amines) is 1. The Labute approximate surface area is 119 Å². The summed E-state index contributed by atoms with van der Waals surface area (Å²) in [6.07, 6.45) is 0.948. The van der Waals surface area contributed by atoms with Crippen molar-refractivity contribution in [3.8, 4) is 0 Å². The Hall–Kier alpha value is -1.13. The minimum absolute atomic E-state index is 0. The summed E-state index contributed by atoms with van der Waals surface area (Å²) in [5.41, 5.74) is 7.13. The average Bonchev–Trinajstić information content (AvgIpc) is 2.77. The lowest BCUT2D eigenvalue weighted by atomic mass is 10.0. The van der Waals surface area contributed by atoms with E-state index in [-0.39, 0.29) is 30.2 Å². The molecule has 1 saturated heterocycles. The maximum absolute atomic E-state index is 13.0. The molecule has 1 amide bonds. The van der Waals surface area contributed by atoms with E-state index in [0.29, 0.717) is 23.6 Å². The zero-order valence-electron chi connectivity index (χ0n) is 11.2. The van der Waals surface area contributed by atoms with E-state index in [2.05, 4.69) is 0 Å². The van der Waals surface area contributed by atoms with Gasteiger partial charge in [-0.2, -0.15) is 0 Å². The van der Waals surface area contributed by atoms with Gasteiger partial charge in [0, 0.05) is 24.7 Å². The van der Waals surface area contributed by atoms with Crippen LogP contribution in [0.2, 0.25) is 0 Å². The van der Waals surface area contributed by atoms with Gasteiger partial charge in [0.05, 0.1) is 0 Å². The molecule has 2 rings (SSSR count). The first-order valence-electron chi connectivity index (χ1n) is 6.30. The minimum Gasteiger partial charge on any atom is -0.338 e. The van der Waals surface area contributed by atoms with E-state index in [1.165, 1.54) is 12.1 Å². The number of nitrogens with two attached hydrogens (primary N) is 1. The molecule has 0 spiro atoms. The van der Waals surface area contributed by atoms with Crippen molar-refractivity contribution < 1.29 is 9.18 Å². The summed E-state index contributed by atoms with van der Waals surface area (Å²) in [6, 6.07) is 4.40. The highest BCUT2D eigenvalue weighted by molar-refractivity contribution is 5.95. The van der Waals surface area contributed by atoms with E-state index in [0.717, 1.165) is 13.0 Å². The normalized spacial score (nSPS) is 20.0. The number of benzene rings is 1. The van der Waals surface area contributed by atoms with Crippen molar-refractivity contribution in [2.45, 2.75) is 26.3 Å². The zero-order valence-corrected chi connectivity index (χ0v) is 12.0. The topological polar surface area (TPSA) is 46.3 Å². The fourth-order valence-corrected chi connectivity index (χ4v) is 2.44. The number of halogens is 2. The van der Waals surface area contributed by atoms with Crippen molar-refractivity contribution in [2.24, 2.45) is 11.7 Å². The molecule has 0 radical (unpaired) electrons. The van der Waals surface area contributed by atoms with Crippen LogP contribution in [-0.2, 0) is 0 Å². The third-order valence-corrected chi connectivity index (χ3v) is 3.67. The van der Waals surface area contributed by atoms with Gasteiger partial charge in [-0.1, -0.05) is 0 Å². The van der Waals surface area contributed by atoms with Gasteiger partial charge in [-0.25, -0.2) is 4.39 Å². The number of hydrogen-bond donors (Lipinski definition) is 1. The molecule has 1 aromatic carbocycles. The quantitative estimate of drug-likeness (QED) is 0.907. The van der Waals surface area contributed by atoms with Gasteiger partial charge in [-0.15, -0.1) is 12.4 Å². The maximum Gasteiger partial charge on any atom is 0.254 e. The van der Waals surface area contributed by atoms with E-state index >= 15 is 0 Å². The van der Waals surface area contributed by atoms with Crippen LogP contribution in [0.25, 0.3) is 0 Å². The van der Waals surface area contributed by atoms with E-state index in [9.17, 15) is 9.18 Å². The van der Waals surface area contributed by atoms with Gasteiger partial charge in [-0.3, -0.25) is 4.79 Å². The third kappa shape index (κ3) is 3.45. The summed E-state index contributed by atoms with van der Waals surface area (Å²) in [5.74, 6) is 0.0456. The summed E-state index contributed by atoms with van der Waals surface area (Å²) in [5, 5.41) is 0. The number of aryl methyl sites for hydroxylation is 1. The van der Waals surface area contributed by atoms with Gasteiger partial charge in [-0.05, 0) is 49.9 Å². The molecule has 0 saturated carbocycles. The van der Waals surface area contributed by atoms with E-state index in [1.807, 2.05) is 11.8 Å². The highest BCUT2D eigenvalue weighted by Crippen LogP contribution is 2.22. The van der Waals surface area contributed by atoms with Gasteiger partial charge in [0.25, 0.3) is 5.91 Å². The molecule has 1 aliphatic heterocycles. The second-order valence-corrected chi connectivity index (χ2v) is 5.12. The number of rotatable bonds is 2. The van der Waals surface area contributed by atoms with Crippen molar-refractivity contribution in [3.63, 3.8) is 0 Å². The molecule has 1 heterocycles. The molecule has 1 aromatic rings. The Kier molecular flexibility index (Phi) is 5.32. The predicted octanol–water partition coefficient (Wildman–Crippen LogP) is 2.37. The number of amides is 1. The summed E-state index contributed by atoms with van der Waals surface area (Å²) >= 11 is 0. The van der Waals surface area contributed by atoms with Crippen LogP contribution in [0.5, 0.6) is 0 Å². The first-order chi connectivity index (χ1) is 8.49. The lowest BCUT2D eigenvalue weighted by molar-refractivity contribution is 0.0785. The fourth-order valence-electron chi connectivity index (χ4n) is 2.44. The molecule has 2 atom stereocenters. The molecular formula is C14H20ClFN2O. The molecule has 106 valence electrons. The monoisotopic (exact) mass is 286 g/mol. The number of carbonyl (C=O) groups is 1. The summed E-state index contributed by atoms with van der Waals surface area (Å²) in [6.45, 7) is 5.17. The van der Waals surface area contributed by atoms with Crippen LogP contribution in [0, 0.1) is 18.7 Å². The van der Waals surface area contributed by atoms with Crippen molar-refractivity contribution in [2.75, 3.05) is 13.1 Å². The molecule has 1 aliphatic rings. The van der Waals surface area contributed by atoms with E-state index in [4.69, 9.17) is 5.73 Å². The first kappa shape index (κ1) is 15.9. The molecule has 2 N–H and O–H groups in total. The molecule has 5 heteroatoms. The number of carbonyl (C=O) groups excluding carboxylic acids is 1. The Morgan fingerprint density at radius 2 is 2.21 bits per heavy atom. The molecule has 2 unspecified atom stereocenters. The standard InChI is InChI=1S/C14H19FN2O.ClH/c1-9-7-12(15)3-4-13(9)14(18)17-6-5-11(8-17)10(2)16;/h3-4,7,10-11H,5-6,8,16H2,1-2H3;1H. The zero-order chi connectivity index (χ0) is 13.3. The van der Waals surface area contributed by atoms with Crippen molar-refractivity contribution in [1.82, 2.24) is 4.90 Å². The Morgan fingerprint density at radius 3 is 2.74 bits per heavy atom. The lowest BCUT2D eigenvalue weighted by Gasteiger charge is -2.19. The molecule has 1 fully saturated rings. The van der Waals surface area contributed by atoms with Crippen LogP contribution in [0.1, 0.15) is 29.3 Å². The van der Waals surface area contributed by atoms with Crippen LogP contribution >= 0.6 is 12.4 Å². The molecular weight excluding hydrogens is 267 g/mol. The van der Waals surface area contributed by atoms with Gasteiger partial charge in [0.2, 0.25) is 0 Å². The van der Waals surface area contributed by atoms with Gasteiger partial charge in [0.1, 0.15) is 5.82 Å². The SMILES string of the molecule is Cc1cc(F)ccc1C(=O)N1CCC(C(C)N)C1.Cl. The van der Waals surface area contributed by atoms with Crippen LogP contribution < -0.4 is 5.73 Å². The molecule has 0 aliphatic carbocycles. The van der Waals surface area contributed by atoms with Gasteiger partial charge in [0.15, 0.2) is 0 Å². The highest BCUT2D eigenvalue weighted by Gasteiger charge is 2.29. The van der Waals surface area contributed by atoms with Crippen molar-refractivity contribution in [1.29, 1.82) is 0 Å².